The molecule has 4 aromatic rings. The van der Waals surface area contributed by atoms with Crippen molar-refractivity contribution in [1.29, 1.82) is 0 Å². The average Bonchev–Trinajstić information content (AvgIpc) is 3.11. The predicted molar refractivity (Wildman–Crippen MR) is 164 cm³/mol. The molecule has 2 heterocycles. The summed E-state index contributed by atoms with van der Waals surface area (Å²) in [5.41, 5.74) is 0.671. The van der Waals surface area contributed by atoms with Crippen LogP contribution in [0.25, 0.3) is 0 Å². The molecule has 13 nitrogen and oxygen atoms in total. The molecule has 0 spiro atoms. The molecule has 4 aromatic carbocycles. The highest BCUT2D eigenvalue weighted by atomic mass is 16.8. The number of hydrogen-bond donors (Lipinski definition) is 0. The Morgan fingerprint density at radius 1 is 0.787 bits per heavy atom. The van der Waals surface area contributed by atoms with Crippen LogP contribution in [0.4, 0.5) is 11.4 Å². The lowest BCUT2D eigenvalue weighted by Crippen LogP contribution is -2.64. The van der Waals surface area contributed by atoms with E-state index in [0.717, 1.165) is 34.9 Å². The molecule has 0 N–H and O–H groups in total. The van der Waals surface area contributed by atoms with Crippen LogP contribution >= 0.6 is 0 Å². The van der Waals surface area contributed by atoms with Crippen LogP contribution in [0.15, 0.2) is 109 Å². The SMILES string of the molecule is CO[C@H]1O[C@@H]2COC(c3ccccc3)O[C@H]2[C@H](OC(c2ccccc2)c2ccccc2)[C@H]1OC(=O)c1cc([N+](=O)[O-])cc([N+](=O)[O-])c1. The summed E-state index contributed by atoms with van der Waals surface area (Å²) in [5.74, 6) is -1.08. The molecule has 2 fully saturated rings. The fraction of sp³-hybridized carbons (Fsp3) is 0.265. The number of esters is 1. The van der Waals surface area contributed by atoms with Crippen molar-refractivity contribution < 1.29 is 43.1 Å². The Balaban J connectivity index is 1.41. The van der Waals surface area contributed by atoms with Crippen LogP contribution in [0.2, 0.25) is 0 Å². The van der Waals surface area contributed by atoms with Crippen LogP contribution < -0.4 is 0 Å². The number of carbonyl (C=O) groups excluding carboxylic acids is 1. The molecule has 47 heavy (non-hydrogen) atoms. The standard InChI is InChI=1S/C34H30N2O11/c1-42-34-31(46-32(37)24-17-25(35(38)39)19-26(18-24)36(40)41)30(29-27(44-34)20-43-33(47-29)23-15-9-4-10-16-23)45-28(21-11-5-2-6-12-21)22-13-7-3-8-14-22/h2-19,27-31,33-34H,20H2,1H3/t27-,29-,30+,31-,33?,34+/m1/s1. The van der Waals surface area contributed by atoms with E-state index in [0.29, 0.717) is 0 Å². The number of nitro benzene ring substituents is 2. The summed E-state index contributed by atoms with van der Waals surface area (Å²) in [5, 5.41) is 23.1. The van der Waals surface area contributed by atoms with Gasteiger partial charge in [0, 0.05) is 24.8 Å². The lowest BCUT2D eigenvalue weighted by atomic mass is 9.95. The van der Waals surface area contributed by atoms with Crippen molar-refractivity contribution >= 4 is 17.3 Å². The maximum Gasteiger partial charge on any atom is 0.339 e. The van der Waals surface area contributed by atoms with E-state index in [-0.39, 0.29) is 6.61 Å². The number of carbonyl (C=O) groups is 1. The molecule has 0 bridgehead atoms. The van der Waals surface area contributed by atoms with E-state index in [2.05, 4.69) is 0 Å². The number of non-ortho nitro benzene ring substituents is 2. The number of fused-ring (bicyclic) bond motifs is 1. The fourth-order valence-electron chi connectivity index (χ4n) is 5.67. The number of nitrogens with zero attached hydrogens (tertiary/aromatic N) is 2. The molecular weight excluding hydrogens is 612 g/mol. The van der Waals surface area contributed by atoms with Gasteiger partial charge < -0.3 is 28.4 Å². The first-order chi connectivity index (χ1) is 22.8. The largest absolute Gasteiger partial charge is 0.450 e. The van der Waals surface area contributed by atoms with Crippen LogP contribution in [0.5, 0.6) is 0 Å². The van der Waals surface area contributed by atoms with E-state index in [1.54, 1.807) is 0 Å². The van der Waals surface area contributed by atoms with Gasteiger partial charge in [0.2, 0.25) is 0 Å². The van der Waals surface area contributed by atoms with Crippen molar-refractivity contribution in [3.8, 4) is 0 Å². The summed E-state index contributed by atoms with van der Waals surface area (Å²) in [6.45, 7) is 0.100. The minimum atomic E-state index is -1.29. The second kappa shape index (κ2) is 14.2. The zero-order chi connectivity index (χ0) is 32.9. The van der Waals surface area contributed by atoms with Crippen molar-refractivity contribution in [3.05, 3.63) is 152 Å². The molecule has 13 heteroatoms. The quantitative estimate of drug-likeness (QED) is 0.119. The number of nitro groups is 2. The van der Waals surface area contributed by atoms with Crippen molar-refractivity contribution in [2.75, 3.05) is 13.7 Å². The van der Waals surface area contributed by atoms with Crippen molar-refractivity contribution in [3.63, 3.8) is 0 Å². The van der Waals surface area contributed by atoms with Gasteiger partial charge in [0.05, 0.1) is 28.1 Å². The van der Waals surface area contributed by atoms with Gasteiger partial charge in [-0.1, -0.05) is 91.0 Å². The highest BCUT2D eigenvalue weighted by Crippen LogP contribution is 2.40. The molecule has 0 radical (unpaired) electrons. The Hall–Kier alpha value is -5.05. The third kappa shape index (κ3) is 7.04. The third-order valence-electron chi connectivity index (χ3n) is 7.89. The van der Waals surface area contributed by atoms with Crippen molar-refractivity contribution in [2.24, 2.45) is 0 Å². The van der Waals surface area contributed by atoms with E-state index >= 15 is 0 Å². The zero-order valence-corrected chi connectivity index (χ0v) is 25.0. The molecule has 0 saturated carbocycles. The van der Waals surface area contributed by atoms with Crippen molar-refractivity contribution in [1.82, 2.24) is 0 Å². The molecule has 2 aliphatic heterocycles. The summed E-state index contributed by atoms with van der Waals surface area (Å²) in [4.78, 5) is 35.0. The molecular formula is C34H30N2O11. The van der Waals surface area contributed by atoms with E-state index in [4.69, 9.17) is 28.4 Å². The monoisotopic (exact) mass is 642 g/mol. The number of benzene rings is 4. The highest BCUT2D eigenvalue weighted by molar-refractivity contribution is 5.91. The van der Waals surface area contributed by atoms with Crippen LogP contribution in [-0.2, 0) is 28.4 Å². The number of methoxy groups -OCH3 is 1. The third-order valence-corrected chi connectivity index (χ3v) is 7.89. The summed E-state index contributed by atoms with van der Waals surface area (Å²) in [6, 6.07) is 30.8. The lowest BCUT2D eigenvalue weighted by Gasteiger charge is -2.49. The Morgan fingerprint density at radius 3 is 1.87 bits per heavy atom. The van der Waals surface area contributed by atoms with Gasteiger partial charge in [-0.3, -0.25) is 20.2 Å². The molecule has 0 amide bonds. The smallest absolute Gasteiger partial charge is 0.339 e. The molecule has 6 rings (SSSR count). The fourth-order valence-corrected chi connectivity index (χ4v) is 5.67. The van der Waals surface area contributed by atoms with Gasteiger partial charge >= 0.3 is 5.97 Å². The van der Waals surface area contributed by atoms with Crippen LogP contribution in [0, 0.1) is 20.2 Å². The second-order valence-corrected chi connectivity index (χ2v) is 10.9. The molecule has 0 aromatic heterocycles. The molecule has 2 aliphatic rings. The average molecular weight is 643 g/mol. The first-order valence-electron chi connectivity index (χ1n) is 14.7. The molecule has 1 unspecified atom stereocenters. The molecule has 6 atom stereocenters. The van der Waals surface area contributed by atoms with Gasteiger partial charge in [0.25, 0.3) is 11.4 Å². The number of rotatable bonds is 10. The highest BCUT2D eigenvalue weighted by Gasteiger charge is 2.53. The predicted octanol–water partition coefficient (Wildman–Crippen LogP) is 5.69. The molecule has 2 saturated heterocycles. The van der Waals surface area contributed by atoms with E-state index in [1.165, 1.54) is 7.11 Å². The first kappa shape index (κ1) is 31.9. The van der Waals surface area contributed by atoms with Gasteiger partial charge in [-0.2, -0.15) is 0 Å². The minimum Gasteiger partial charge on any atom is -0.450 e. The van der Waals surface area contributed by atoms with Gasteiger partial charge in [-0.05, 0) is 11.1 Å². The summed E-state index contributed by atoms with van der Waals surface area (Å²) in [6.07, 6.45) is -6.55. The van der Waals surface area contributed by atoms with Crippen molar-refractivity contribution in [2.45, 2.75) is 43.1 Å². The van der Waals surface area contributed by atoms with Gasteiger partial charge in [-0.25, -0.2) is 4.79 Å². The summed E-state index contributed by atoms with van der Waals surface area (Å²) in [7, 11) is 1.37. The maximum atomic E-state index is 13.6. The second-order valence-electron chi connectivity index (χ2n) is 10.9. The maximum absolute atomic E-state index is 13.6. The Kier molecular flexibility index (Phi) is 9.61. The Morgan fingerprint density at radius 2 is 1.34 bits per heavy atom. The Labute approximate surface area is 268 Å². The lowest BCUT2D eigenvalue weighted by molar-refractivity contribution is -0.394. The number of ether oxygens (including phenoxy) is 6. The topological polar surface area (TPSA) is 159 Å². The first-order valence-corrected chi connectivity index (χ1v) is 14.7. The van der Waals surface area contributed by atoms with E-state index in [1.807, 2.05) is 91.0 Å². The van der Waals surface area contributed by atoms with Crippen LogP contribution in [-0.4, -0.2) is 60.2 Å². The Bertz CT molecular complexity index is 1640. The summed E-state index contributed by atoms with van der Waals surface area (Å²) >= 11 is 0. The van der Waals surface area contributed by atoms with Crippen LogP contribution in [0.3, 0.4) is 0 Å². The zero-order valence-electron chi connectivity index (χ0n) is 25.0. The summed E-state index contributed by atoms with van der Waals surface area (Å²) < 4.78 is 37.1. The van der Waals surface area contributed by atoms with E-state index in [9.17, 15) is 25.0 Å². The number of hydrogen-bond acceptors (Lipinski definition) is 11. The minimum absolute atomic E-state index is 0.100. The van der Waals surface area contributed by atoms with Crippen LogP contribution in [0.1, 0.15) is 39.4 Å². The van der Waals surface area contributed by atoms with Gasteiger partial charge in [-0.15, -0.1) is 0 Å². The van der Waals surface area contributed by atoms with Gasteiger partial charge in [0.15, 0.2) is 18.7 Å². The van der Waals surface area contributed by atoms with Gasteiger partial charge in [0.1, 0.15) is 24.4 Å². The van der Waals surface area contributed by atoms with E-state index < -0.39 is 75.9 Å². The normalized spacial score (nSPS) is 23.9. The molecule has 242 valence electrons. The molecule has 0 aliphatic carbocycles.